The first-order valence-electron chi connectivity index (χ1n) is 7.13. The first kappa shape index (κ1) is 16.0. The fourth-order valence-electron chi connectivity index (χ4n) is 1.89. The number of aromatic nitrogens is 3. The van der Waals surface area contributed by atoms with Gasteiger partial charge in [0.1, 0.15) is 5.75 Å². The van der Waals surface area contributed by atoms with Gasteiger partial charge < -0.3 is 20.3 Å². The molecule has 0 radical (unpaired) electrons. The van der Waals surface area contributed by atoms with Gasteiger partial charge >= 0.3 is 0 Å². The number of likely N-dealkylation sites (N-methyl/N-ethyl adjacent to an activating group) is 1. The van der Waals surface area contributed by atoms with Crippen molar-refractivity contribution in [2.24, 2.45) is 0 Å². The van der Waals surface area contributed by atoms with Crippen LogP contribution in [0, 0.1) is 0 Å². The van der Waals surface area contributed by atoms with E-state index in [2.05, 4.69) is 30.7 Å². The van der Waals surface area contributed by atoms with Gasteiger partial charge in [-0.1, -0.05) is 18.2 Å². The zero-order valence-electron chi connectivity index (χ0n) is 13.2. The van der Waals surface area contributed by atoms with Crippen LogP contribution in [0.3, 0.4) is 0 Å². The minimum absolute atomic E-state index is 0.520. The van der Waals surface area contributed by atoms with Crippen LogP contribution in [-0.2, 0) is 6.54 Å². The van der Waals surface area contributed by atoms with E-state index in [-0.39, 0.29) is 0 Å². The van der Waals surface area contributed by atoms with E-state index < -0.39 is 0 Å². The molecule has 0 amide bonds. The van der Waals surface area contributed by atoms with Gasteiger partial charge in [0, 0.05) is 25.2 Å². The highest BCUT2D eigenvalue weighted by Crippen LogP contribution is 2.18. The summed E-state index contributed by atoms with van der Waals surface area (Å²) in [6.45, 7) is 2.28. The molecule has 1 aromatic carbocycles. The number of nitrogens with one attached hydrogen (secondary N) is 2. The van der Waals surface area contributed by atoms with Crippen molar-refractivity contribution in [2.45, 2.75) is 6.54 Å². The Balaban J connectivity index is 1.92. The monoisotopic (exact) mass is 302 g/mol. The molecule has 0 unspecified atom stereocenters. The molecule has 1 aromatic heterocycles. The first-order valence-corrected chi connectivity index (χ1v) is 7.13. The standard InChI is InChI=1S/C15H22N6O/c1-21(2)9-8-16-15-19-14(11-18-20-15)17-10-12-6-4-5-7-13(12)22-3/h4-7,11H,8-10H2,1-3H3,(H2,16,17,19,20). The minimum atomic E-state index is 0.520. The highest BCUT2D eigenvalue weighted by atomic mass is 16.5. The van der Waals surface area contributed by atoms with Gasteiger partial charge in [0.15, 0.2) is 5.82 Å². The van der Waals surface area contributed by atoms with Crippen LogP contribution in [0.2, 0.25) is 0 Å². The highest BCUT2D eigenvalue weighted by molar-refractivity contribution is 5.40. The van der Waals surface area contributed by atoms with Crippen LogP contribution in [0.4, 0.5) is 11.8 Å². The molecule has 7 nitrogen and oxygen atoms in total. The van der Waals surface area contributed by atoms with Crippen molar-refractivity contribution in [3.63, 3.8) is 0 Å². The predicted octanol–water partition coefficient (Wildman–Crippen LogP) is 1.47. The molecule has 1 heterocycles. The number of ether oxygens (including phenoxy) is 1. The van der Waals surface area contributed by atoms with E-state index in [1.165, 1.54) is 0 Å². The SMILES string of the molecule is COc1ccccc1CNc1cnnc(NCCN(C)C)n1. The van der Waals surface area contributed by atoms with Crippen molar-refractivity contribution < 1.29 is 4.74 Å². The van der Waals surface area contributed by atoms with Crippen LogP contribution in [0.5, 0.6) is 5.75 Å². The second-order valence-electron chi connectivity index (χ2n) is 5.06. The van der Waals surface area contributed by atoms with Gasteiger partial charge in [-0.2, -0.15) is 10.1 Å². The van der Waals surface area contributed by atoms with Gasteiger partial charge in [-0.3, -0.25) is 0 Å². The number of anilines is 2. The largest absolute Gasteiger partial charge is 0.496 e. The van der Waals surface area contributed by atoms with Crippen LogP contribution in [0.15, 0.2) is 30.5 Å². The maximum Gasteiger partial charge on any atom is 0.244 e. The third-order valence-electron chi connectivity index (χ3n) is 3.05. The third-order valence-corrected chi connectivity index (χ3v) is 3.05. The molecule has 22 heavy (non-hydrogen) atoms. The van der Waals surface area contributed by atoms with E-state index in [1.54, 1.807) is 13.3 Å². The van der Waals surface area contributed by atoms with Crippen molar-refractivity contribution in [2.75, 3.05) is 44.9 Å². The zero-order chi connectivity index (χ0) is 15.8. The van der Waals surface area contributed by atoms with Crippen molar-refractivity contribution in [3.05, 3.63) is 36.0 Å². The summed E-state index contributed by atoms with van der Waals surface area (Å²) >= 11 is 0. The second-order valence-corrected chi connectivity index (χ2v) is 5.06. The first-order chi connectivity index (χ1) is 10.7. The molecule has 0 fully saturated rings. The van der Waals surface area contributed by atoms with Crippen molar-refractivity contribution in [3.8, 4) is 5.75 Å². The average Bonchev–Trinajstić information content (AvgIpc) is 2.53. The summed E-state index contributed by atoms with van der Waals surface area (Å²) in [5, 5.41) is 14.3. The van der Waals surface area contributed by atoms with E-state index in [0.29, 0.717) is 18.3 Å². The quantitative estimate of drug-likeness (QED) is 0.764. The molecule has 0 saturated carbocycles. The van der Waals surface area contributed by atoms with Crippen LogP contribution < -0.4 is 15.4 Å². The summed E-state index contributed by atoms with van der Waals surface area (Å²) in [4.78, 5) is 6.47. The summed E-state index contributed by atoms with van der Waals surface area (Å²) in [5.74, 6) is 2.04. The molecule has 0 aliphatic carbocycles. The average molecular weight is 302 g/mol. The van der Waals surface area contributed by atoms with Gasteiger partial charge in [-0.15, -0.1) is 5.10 Å². The lowest BCUT2D eigenvalue weighted by molar-refractivity contribution is 0.410. The zero-order valence-corrected chi connectivity index (χ0v) is 13.2. The Hall–Kier alpha value is -2.41. The van der Waals surface area contributed by atoms with Crippen LogP contribution in [0.25, 0.3) is 0 Å². The van der Waals surface area contributed by atoms with Crippen molar-refractivity contribution in [1.82, 2.24) is 20.1 Å². The van der Waals surface area contributed by atoms with Gasteiger partial charge in [-0.25, -0.2) is 0 Å². The molecule has 2 aromatic rings. The third kappa shape index (κ3) is 4.85. The normalized spacial score (nSPS) is 10.5. The lowest BCUT2D eigenvalue weighted by atomic mass is 10.2. The number of nitrogens with zero attached hydrogens (tertiary/aromatic N) is 4. The van der Waals surface area contributed by atoms with E-state index in [4.69, 9.17) is 4.74 Å². The maximum atomic E-state index is 5.33. The Morgan fingerprint density at radius 2 is 2.00 bits per heavy atom. The Kier molecular flexibility index (Phi) is 5.91. The Morgan fingerprint density at radius 1 is 1.18 bits per heavy atom. The van der Waals surface area contributed by atoms with Gasteiger partial charge in [0.2, 0.25) is 5.95 Å². The fraction of sp³-hybridized carbons (Fsp3) is 0.400. The lowest BCUT2D eigenvalue weighted by Crippen LogP contribution is -2.21. The molecule has 2 rings (SSSR count). The lowest BCUT2D eigenvalue weighted by Gasteiger charge is -2.11. The molecular weight excluding hydrogens is 280 g/mol. The number of methoxy groups -OCH3 is 1. The molecule has 0 spiro atoms. The molecule has 0 bridgehead atoms. The van der Waals surface area contributed by atoms with E-state index >= 15 is 0 Å². The molecule has 7 heteroatoms. The number of benzene rings is 1. The maximum absolute atomic E-state index is 5.33. The molecule has 118 valence electrons. The fourth-order valence-corrected chi connectivity index (χ4v) is 1.89. The molecule has 0 saturated heterocycles. The van der Waals surface area contributed by atoms with Gasteiger partial charge in [0.05, 0.1) is 13.3 Å². The van der Waals surface area contributed by atoms with E-state index in [9.17, 15) is 0 Å². The number of hydrogen-bond donors (Lipinski definition) is 2. The number of para-hydroxylation sites is 1. The van der Waals surface area contributed by atoms with E-state index in [0.717, 1.165) is 24.4 Å². The molecule has 0 atom stereocenters. The van der Waals surface area contributed by atoms with Crippen molar-refractivity contribution in [1.29, 1.82) is 0 Å². The highest BCUT2D eigenvalue weighted by Gasteiger charge is 2.04. The van der Waals surface area contributed by atoms with Crippen molar-refractivity contribution >= 4 is 11.8 Å². The number of hydrogen-bond acceptors (Lipinski definition) is 7. The molecule has 0 aliphatic heterocycles. The van der Waals surface area contributed by atoms with Crippen LogP contribution in [0.1, 0.15) is 5.56 Å². The summed E-state index contributed by atoms with van der Waals surface area (Å²) < 4.78 is 5.33. The number of rotatable bonds is 8. The minimum Gasteiger partial charge on any atom is -0.496 e. The smallest absolute Gasteiger partial charge is 0.244 e. The van der Waals surface area contributed by atoms with E-state index in [1.807, 2.05) is 38.4 Å². The summed E-state index contributed by atoms with van der Waals surface area (Å²) in [7, 11) is 5.70. The Morgan fingerprint density at radius 3 is 2.77 bits per heavy atom. The Bertz CT molecular complexity index is 590. The predicted molar refractivity (Wildman–Crippen MR) is 87.2 cm³/mol. The molecule has 2 N–H and O–H groups in total. The second kappa shape index (κ2) is 8.14. The van der Waals surface area contributed by atoms with Crippen LogP contribution in [-0.4, -0.2) is 54.4 Å². The summed E-state index contributed by atoms with van der Waals surface area (Å²) in [5.41, 5.74) is 1.06. The topological polar surface area (TPSA) is 75.2 Å². The summed E-state index contributed by atoms with van der Waals surface area (Å²) in [6, 6.07) is 7.87. The summed E-state index contributed by atoms with van der Waals surface area (Å²) in [6.07, 6.45) is 1.60. The van der Waals surface area contributed by atoms with Crippen LogP contribution >= 0.6 is 0 Å². The Labute approximate surface area is 130 Å². The molecule has 0 aliphatic rings. The van der Waals surface area contributed by atoms with Gasteiger partial charge in [0.25, 0.3) is 0 Å². The van der Waals surface area contributed by atoms with Gasteiger partial charge in [-0.05, 0) is 20.2 Å². The molecular formula is C15H22N6O.